The first-order chi connectivity index (χ1) is 9.63. The van der Waals surface area contributed by atoms with Crippen LogP contribution in [0.2, 0.25) is 0 Å². The van der Waals surface area contributed by atoms with Crippen LogP contribution in [0.3, 0.4) is 0 Å². The lowest BCUT2D eigenvalue weighted by molar-refractivity contribution is 0.0769. The molecule has 0 aliphatic carbocycles. The van der Waals surface area contributed by atoms with Crippen molar-refractivity contribution in [2.75, 3.05) is 26.2 Å². The Morgan fingerprint density at radius 1 is 1.40 bits per heavy atom. The summed E-state index contributed by atoms with van der Waals surface area (Å²) in [4.78, 5) is 2.62. The van der Waals surface area contributed by atoms with Gasteiger partial charge in [-0.05, 0) is 24.5 Å². The van der Waals surface area contributed by atoms with Crippen LogP contribution < -0.4 is 10.1 Å². The molecule has 0 radical (unpaired) electrons. The Morgan fingerprint density at radius 3 is 3.05 bits per heavy atom. The van der Waals surface area contributed by atoms with Crippen LogP contribution in [-0.4, -0.2) is 43.2 Å². The highest BCUT2D eigenvalue weighted by molar-refractivity contribution is 5.40. The zero-order valence-electron chi connectivity index (χ0n) is 12.9. The third kappa shape index (κ3) is 2.84. The molecule has 0 aromatic heterocycles. The van der Waals surface area contributed by atoms with Gasteiger partial charge in [-0.15, -0.1) is 0 Å². The van der Waals surface area contributed by atoms with Crippen molar-refractivity contribution < 1.29 is 4.74 Å². The average Bonchev–Trinajstić information content (AvgIpc) is 2.80. The maximum Gasteiger partial charge on any atom is 0.123 e. The summed E-state index contributed by atoms with van der Waals surface area (Å²) in [6, 6.07) is 7.18. The third-order valence-electron chi connectivity index (χ3n) is 4.56. The summed E-state index contributed by atoms with van der Waals surface area (Å²) in [6.45, 7) is 11.2. The lowest BCUT2D eigenvalue weighted by Crippen LogP contribution is -2.55. The van der Waals surface area contributed by atoms with E-state index in [4.69, 9.17) is 4.74 Å². The summed E-state index contributed by atoms with van der Waals surface area (Å²) >= 11 is 0. The minimum absolute atomic E-state index is 0.325. The Hall–Kier alpha value is -1.06. The topological polar surface area (TPSA) is 24.5 Å². The quantitative estimate of drug-likeness (QED) is 0.915. The van der Waals surface area contributed by atoms with E-state index in [1.165, 1.54) is 11.1 Å². The van der Waals surface area contributed by atoms with E-state index in [2.05, 4.69) is 49.2 Å². The summed E-state index contributed by atoms with van der Waals surface area (Å²) in [5.41, 5.74) is 2.71. The minimum Gasteiger partial charge on any atom is -0.488 e. The van der Waals surface area contributed by atoms with Crippen LogP contribution in [-0.2, 0) is 6.42 Å². The Balaban J connectivity index is 1.64. The van der Waals surface area contributed by atoms with E-state index in [-0.39, 0.29) is 0 Å². The zero-order chi connectivity index (χ0) is 14.1. The first kappa shape index (κ1) is 13.9. The van der Waals surface area contributed by atoms with Gasteiger partial charge in [0.1, 0.15) is 11.9 Å². The first-order valence-corrected chi connectivity index (χ1v) is 7.84. The minimum atomic E-state index is 0.325. The number of nitrogens with zero attached hydrogens (tertiary/aromatic N) is 1. The van der Waals surface area contributed by atoms with Crippen LogP contribution >= 0.6 is 0 Å². The molecule has 3 heteroatoms. The average molecular weight is 274 g/mol. The number of aryl methyl sites for hydroxylation is 1. The van der Waals surface area contributed by atoms with Crippen LogP contribution in [0.4, 0.5) is 0 Å². The van der Waals surface area contributed by atoms with Gasteiger partial charge < -0.3 is 10.1 Å². The number of hydrogen-bond donors (Lipinski definition) is 1. The van der Waals surface area contributed by atoms with Gasteiger partial charge in [0.2, 0.25) is 0 Å². The second kappa shape index (κ2) is 5.74. The molecular weight excluding hydrogens is 248 g/mol. The van der Waals surface area contributed by atoms with E-state index in [1.54, 1.807) is 0 Å². The molecular formula is C17H26N2O. The van der Waals surface area contributed by atoms with Crippen LogP contribution in [0.25, 0.3) is 0 Å². The second-order valence-electron chi connectivity index (χ2n) is 6.57. The van der Waals surface area contributed by atoms with E-state index in [0.29, 0.717) is 18.1 Å². The van der Waals surface area contributed by atoms with Gasteiger partial charge in [-0.2, -0.15) is 0 Å². The lowest BCUT2D eigenvalue weighted by Gasteiger charge is -2.39. The lowest BCUT2D eigenvalue weighted by atomic mass is 9.99. The molecule has 0 saturated carbocycles. The molecule has 3 rings (SSSR count). The molecule has 2 aliphatic heterocycles. The molecule has 20 heavy (non-hydrogen) atoms. The van der Waals surface area contributed by atoms with Crippen molar-refractivity contribution in [2.45, 2.75) is 39.3 Å². The van der Waals surface area contributed by atoms with E-state index in [9.17, 15) is 0 Å². The van der Waals surface area contributed by atoms with Gasteiger partial charge in [0.05, 0.1) is 0 Å². The summed E-state index contributed by atoms with van der Waals surface area (Å²) in [5.74, 6) is 1.78. The molecule has 2 unspecified atom stereocenters. The summed E-state index contributed by atoms with van der Waals surface area (Å²) in [6.07, 6.45) is 1.39. The number of piperazine rings is 1. The normalized spacial score (nSPS) is 26.6. The molecule has 2 heterocycles. The van der Waals surface area contributed by atoms with Crippen molar-refractivity contribution in [1.29, 1.82) is 0 Å². The van der Waals surface area contributed by atoms with Crippen molar-refractivity contribution in [2.24, 2.45) is 5.92 Å². The molecule has 0 bridgehead atoms. The molecule has 0 spiro atoms. The third-order valence-corrected chi connectivity index (χ3v) is 4.56. The fourth-order valence-corrected chi connectivity index (χ4v) is 3.46. The maximum atomic E-state index is 6.13. The van der Waals surface area contributed by atoms with Gasteiger partial charge in [0, 0.05) is 38.6 Å². The first-order valence-electron chi connectivity index (χ1n) is 7.84. The molecule has 2 atom stereocenters. The number of rotatable bonds is 3. The molecule has 3 nitrogen and oxygen atoms in total. The van der Waals surface area contributed by atoms with Gasteiger partial charge in [-0.3, -0.25) is 4.90 Å². The number of hydrogen-bond acceptors (Lipinski definition) is 3. The van der Waals surface area contributed by atoms with Crippen LogP contribution in [0.15, 0.2) is 18.2 Å². The van der Waals surface area contributed by atoms with Gasteiger partial charge in [0.15, 0.2) is 0 Å². The molecule has 1 N–H and O–H groups in total. The van der Waals surface area contributed by atoms with Crippen molar-refractivity contribution in [1.82, 2.24) is 10.2 Å². The molecule has 110 valence electrons. The predicted octanol–water partition coefficient (Wildman–Crippen LogP) is 2.23. The Morgan fingerprint density at radius 2 is 2.25 bits per heavy atom. The monoisotopic (exact) mass is 274 g/mol. The van der Waals surface area contributed by atoms with Gasteiger partial charge in [-0.1, -0.05) is 31.5 Å². The van der Waals surface area contributed by atoms with Crippen molar-refractivity contribution in [3.05, 3.63) is 29.3 Å². The molecule has 1 aromatic rings. The molecule has 0 amide bonds. The van der Waals surface area contributed by atoms with Gasteiger partial charge >= 0.3 is 0 Å². The van der Waals surface area contributed by atoms with Crippen LogP contribution in [0.5, 0.6) is 5.75 Å². The SMILES string of the molecule is Cc1ccc2c(c1)CC(CN1CCNCC1C(C)C)O2. The molecule has 1 fully saturated rings. The zero-order valence-corrected chi connectivity index (χ0v) is 12.9. The number of fused-ring (bicyclic) bond motifs is 1. The summed E-state index contributed by atoms with van der Waals surface area (Å²) < 4.78 is 6.13. The summed E-state index contributed by atoms with van der Waals surface area (Å²) in [5, 5.41) is 3.51. The van der Waals surface area contributed by atoms with E-state index in [0.717, 1.165) is 38.3 Å². The largest absolute Gasteiger partial charge is 0.488 e. The Kier molecular flexibility index (Phi) is 3.99. The highest BCUT2D eigenvalue weighted by atomic mass is 16.5. The molecule has 2 aliphatic rings. The molecule has 1 aromatic carbocycles. The summed E-state index contributed by atoms with van der Waals surface area (Å²) in [7, 11) is 0. The highest BCUT2D eigenvalue weighted by Gasteiger charge is 2.30. The van der Waals surface area contributed by atoms with E-state index < -0.39 is 0 Å². The fourth-order valence-electron chi connectivity index (χ4n) is 3.46. The van der Waals surface area contributed by atoms with Crippen LogP contribution in [0.1, 0.15) is 25.0 Å². The Bertz CT molecular complexity index is 472. The van der Waals surface area contributed by atoms with Crippen LogP contribution in [0, 0.1) is 12.8 Å². The van der Waals surface area contributed by atoms with Gasteiger partial charge in [0.25, 0.3) is 0 Å². The highest BCUT2D eigenvalue weighted by Crippen LogP contribution is 2.30. The Labute approximate surface area is 122 Å². The van der Waals surface area contributed by atoms with E-state index in [1.807, 2.05) is 0 Å². The second-order valence-corrected chi connectivity index (χ2v) is 6.57. The van der Waals surface area contributed by atoms with Crippen molar-refractivity contribution in [3.63, 3.8) is 0 Å². The standard InChI is InChI=1S/C17H26N2O/c1-12(2)16-10-18-6-7-19(16)11-15-9-14-8-13(3)4-5-17(14)20-15/h4-5,8,12,15-16,18H,6-7,9-11H2,1-3H3. The number of ether oxygens (including phenoxy) is 1. The number of nitrogens with one attached hydrogen (secondary N) is 1. The predicted molar refractivity (Wildman–Crippen MR) is 82.4 cm³/mol. The van der Waals surface area contributed by atoms with Gasteiger partial charge in [-0.25, -0.2) is 0 Å². The van der Waals surface area contributed by atoms with E-state index >= 15 is 0 Å². The fraction of sp³-hybridized carbons (Fsp3) is 0.647. The number of benzene rings is 1. The van der Waals surface area contributed by atoms with Crippen molar-refractivity contribution >= 4 is 0 Å². The maximum absolute atomic E-state index is 6.13. The van der Waals surface area contributed by atoms with Crippen molar-refractivity contribution in [3.8, 4) is 5.75 Å². The molecule has 1 saturated heterocycles. The smallest absolute Gasteiger partial charge is 0.123 e.